The Balaban J connectivity index is 2.13. The SMILES string of the molecule is CNC(=O)Cn1cc(NC(=O)C(c2cccc(C)c2)N(C)C)cn1. The van der Waals surface area contributed by atoms with E-state index < -0.39 is 6.04 Å². The van der Waals surface area contributed by atoms with E-state index in [9.17, 15) is 9.59 Å². The summed E-state index contributed by atoms with van der Waals surface area (Å²) in [7, 11) is 5.29. The third-order valence-electron chi connectivity index (χ3n) is 3.61. The second-order valence-corrected chi connectivity index (χ2v) is 5.87. The van der Waals surface area contributed by atoms with Gasteiger partial charge in [-0.3, -0.25) is 19.2 Å². The molecule has 1 heterocycles. The first-order valence-corrected chi connectivity index (χ1v) is 7.67. The Morgan fingerprint density at radius 3 is 2.71 bits per heavy atom. The van der Waals surface area contributed by atoms with Crippen molar-refractivity contribution in [2.45, 2.75) is 19.5 Å². The first kappa shape index (κ1) is 17.7. The molecule has 7 heteroatoms. The van der Waals surface area contributed by atoms with Gasteiger partial charge in [0.2, 0.25) is 11.8 Å². The van der Waals surface area contributed by atoms with E-state index in [1.54, 1.807) is 13.2 Å². The summed E-state index contributed by atoms with van der Waals surface area (Å²) in [5, 5.41) is 9.46. The van der Waals surface area contributed by atoms with Crippen LogP contribution in [0.1, 0.15) is 17.2 Å². The lowest BCUT2D eigenvalue weighted by molar-refractivity contribution is -0.121. The Hall–Kier alpha value is -2.67. The Morgan fingerprint density at radius 2 is 2.08 bits per heavy atom. The topological polar surface area (TPSA) is 79.3 Å². The minimum atomic E-state index is -0.410. The predicted octanol–water partition coefficient (Wildman–Crippen LogP) is 1.18. The number of benzene rings is 1. The summed E-state index contributed by atoms with van der Waals surface area (Å²) in [6.07, 6.45) is 3.17. The first-order valence-electron chi connectivity index (χ1n) is 7.67. The van der Waals surface area contributed by atoms with Crippen molar-refractivity contribution >= 4 is 17.5 Å². The number of rotatable bonds is 6. The molecule has 1 unspecified atom stereocenters. The van der Waals surface area contributed by atoms with Gasteiger partial charge in [-0.25, -0.2) is 0 Å². The van der Waals surface area contributed by atoms with Gasteiger partial charge in [-0.05, 0) is 26.6 Å². The third kappa shape index (κ3) is 4.42. The molecule has 0 fully saturated rings. The highest BCUT2D eigenvalue weighted by atomic mass is 16.2. The molecular weight excluding hydrogens is 306 g/mol. The molecule has 0 saturated heterocycles. The van der Waals surface area contributed by atoms with Crippen molar-refractivity contribution < 1.29 is 9.59 Å². The van der Waals surface area contributed by atoms with Crippen molar-refractivity contribution in [3.8, 4) is 0 Å². The number of carbonyl (C=O) groups is 2. The zero-order chi connectivity index (χ0) is 17.7. The first-order chi connectivity index (χ1) is 11.4. The molecule has 0 spiro atoms. The molecule has 0 aliphatic carbocycles. The number of amides is 2. The van der Waals surface area contributed by atoms with Crippen LogP contribution < -0.4 is 10.6 Å². The van der Waals surface area contributed by atoms with Gasteiger partial charge in [-0.15, -0.1) is 0 Å². The summed E-state index contributed by atoms with van der Waals surface area (Å²) in [4.78, 5) is 25.9. The van der Waals surface area contributed by atoms with Crippen LogP contribution in [0.3, 0.4) is 0 Å². The molecule has 2 N–H and O–H groups in total. The van der Waals surface area contributed by atoms with E-state index >= 15 is 0 Å². The fourth-order valence-corrected chi connectivity index (χ4v) is 2.48. The Labute approximate surface area is 141 Å². The number of carbonyl (C=O) groups excluding carboxylic acids is 2. The van der Waals surface area contributed by atoms with E-state index in [1.807, 2.05) is 50.2 Å². The van der Waals surface area contributed by atoms with Crippen molar-refractivity contribution in [1.82, 2.24) is 20.0 Å². The number of likely N-dealkylation sites (N-methyl/N-ethyl adjacent to an activating group) is 2. The molecule has 0 bridgehead atoms. The van der Waals surface area contributed by atoms with E-state index in [2.05, 4.69) is 15.7 Å². The van der Waals surface area contributed by atoms with Crippen LogP contribution in [0.15, 0.2) is 36.7 Å². The Bertz CT molecular complexity index is 723. The second-order valence-electron chi connectivity index (χ2n) is 5.87. The molecule has 1 aromatic heterocycles. The number of hydrogen-bond acceptors (Lipinski definition) is 4. The van der Waals surface area contributed by atoms with Gasteiger partial charge in [0, 0.05) is 13.2 Å². The quantitative estimate of drug-likeness (QED) is 0.834. The van der Waals surface area contributed by atoms with Crippen molar-refractivity contribution in [2.75, 3.05) is 26.5 Å². The molecule has 128 valence electrons. The fourth-order valence-electron chi connectivity index (χ4n) is 2.48. The molecule has 0 radical (unpaired) electrons. The Morgan fingerprint density at radius 1 is 1.33 bits per heavy atom. The van der Waals surface area contributed by atoms with Crippen molar-refractivity contribution in [3.05, 3.63) is 47.8 Å². The fraction of sp³-hybridized carbons (Fsp3) is 0.353. The highest BCUT2D eigenvalue weighted by Gasteiger charge is 2.23. The molecule has 2 amide bonds. The zero-order valence-electron chi connectivity index (χ0n) is 14.4. The lowest BCUT2D eigenvalue weighted by Crippen LogP contribution is -2.32. The lowest BCUT2D eigenvalue weighted by Gasteiger charge is -2.23. The van der Waals surface area contributed by atoms with Gasteiger partial charge in [0.25, 0.3) is 0 Å². The summed E-state index contributed by atoms with van der Waals surface area (Å²) < 4.78 is 1.48. The molecule has 0 aliphatic heterocycles. The minimum absolute atomic E-state index is 0.112. The number of hydrogen-bond donors (Lipinski definition) is 2. The van der Waals surface area contributed by atoms with Gasteiger partial charge in [-0.1, -0.05) is 29.8 Å². The third-order valence-corrected chi connectivity index (χ3v) is 3.61. The van der Waals surface area contributed by atoms with Crippen LogP contribution in [0, 0.1) is 6.92 Å². The molecular formula is C17H23N5O2. The molecule has 1 aromatic carbocycles. The Kier molecular flexibility index (Phi) is 5.70. The predicted molar refractivity (Wildman–Crippen MR) is 92.5 cm³/mol. The molecule has 24 heavy (non-hydrogen) atoms. The van der Waals surface area contributed by atoms with Gasteiger partial charge in [-0.2, -0.15) is 5.10 Å². The van der Waals surface area contributed by atoms with Gasteiger partial charge in [0.05, 0.1) is 11.9 Å². The summed E-state index contributed by atoms with van der Waals surface area (Å²) >= 11 is 0. The lowest BCUT2D eigenvalue weighted by atomic mass is 10.0. The largest absolute Gasteiger partial charge is 0.358 e. The standard InChI is InChI=1S/C17H23N5O2/c1-12-6-5-7-13(8-12)16(21(3)4)17(24)20-14-9-19-22(10-14)11-15(23)18-2/h5-10,16H,11H2,1-4H3,(H,18,23)(H,20,24). The zero-order valence-corrected chi connectivity index (χ0v) is 14.4. The van der Waals surface area contributed by atoms with E-state index in [0.29, 0.717) is 5.69 Å². The van der Waals surface area contributed by atoms with Crippen molar-refractivity contribution in [2.24, 2.45) is 0 Å². The maximum absolute atomic E-state index is 12.7. The average Bonchev–Trinajstić information content (AvgIpc) is 2.93. The van der Waals surface area contributed by atoms with E-state index in [-0.39, 0.29) is 18.4 Å². The smallest absolute Gasteiger partial charge is 0.246 e. The summed E-state index contributed by atoms with van der Waals surface area (Å²) in [6.45, 7) is 2.11. The van der Waals surface area contributed by atoms with Crippen LogP contribution in [0.2, 0.25) is 0 Å². The van der Waals surface area contributed by atoms with Gasteiger partial charge < -0.3 is 10.6 Å². The maximum Gasteiger partial charge on any atom is 0.246 e. The normalized spacial score (nSPS) is 12.0. The summed E-state index contributed by atoms with van der Waals surface area (Å²) in [6, 6.07) is 7.46. The second kappa shape index (κ2) is 7.74. The van der Waals surface area contributed by atoms with Crippen LogP contribution in [-0.4, -0.2) is 47.6 Å². The molecule has 0 aliphatic rings. The maximum atomic E-state index is 12.7. The molecule has 2 rings (SSSR count). The van der Waals surface area contributed by atoms with Crippen LogP contribution in [0.5, 0.6) is 0 Å². The molecule has 2 aromatic rings. The highest BCUT2D eigenvalue weighted by Crippen LogP contribution is 2.21. The number of aromatic nitrogens is 2. The van der Waals surface area contributed by atoms with Crippen LogP contribution in [0.25, 0.3) is 0 Å². The number of nitrogens with zero attached hydrogens (tertiary/aromatic N) is 3. The minimum Gasteiger partial charge on any atom is -0.358 e. The molecule has 0 saturated carbocycles. The highest BCUT2D eigenvalue weighted by molar-refractivity contribution is 5.95. The molecule has 1 atom stereocenters. The summed E-state index contributed by atoms with van der Waals surface area (Å²) in [5.41, 5.74) is 2.59. The summed E-state index contributed by atoms with van der Waals surface area (Å²) in [5.74, 6) is -0.299. The van der Waals surface area contributed by atoms with E-state index in [4.69, 9.17) is 0 Å². The van der Waals surface area contributed by atoms with Gasteiger partial charge >= 0.3 is 0 Å². The van der Waals surface area contributed by atoms with Gasteiger partial charge in [0.1, 0.15) is 12.6 Å². The van der Waals surface area contributed by atoms with Gasteiger partial charge in [0.15, 0.2) is 0 Å². The number of nitrogens with one attached hydrogen (secondary N) is 2. The van der Waals surface area contributed by atoms with Crippen molar-refractivity contribution in [3.63, 3.8) is 0 Å². The monoisotopic (exact) mass is 329 g/mol. The van der Waals surface area contributed by atoms with E-state index in [0.717, 1.165) is 11.1 Å². The average molecular weight is 329 g/mol. The van der Waals surface area contributed by atoms with Crippen molar-refractivity contribution in [1.29, 1.82) is 0 Å². The van der Waals surface area contributed by atoms with E-state index in [1.165, 1.54) is 10.9 Å². The number of aryl methyl sites for hydroxylation is 1. The van der Waals surface area contributed by atoms with Crippen LogP contribution in [-0.2, 0) is 16.1 Å². The van der Waals surface area contributed by atoms with Crippen LogP contribution >= 0.6 is 0 Å². The number of anilines is 1. The molecule has 7 nitrogen and oxygen atoms in total. The van der Waals surface area contributed by atoms with Crippen LogP contribution in [0.4, 0.5) is 5.69 Å².